The minimum absolute atomic E-state index is 0.0368. The highest BCUT2D eigenvalue weighted by molar-refractivity contribution is 7.85. The number of rotatable bonds is 12. The van der Waals surface area contributed by atoms with Crippen LogP contribution in [0.15, 0.2) is 95.9 Å². The standard InChI is InChI=1S/C46H49N3O8S/c1-7-48-38-28-40-35(27-34(38)30(2)29-45(48,3)4)32(25-39(56-40)31-15-10-8-11-16-31)17-14-18-41-46(5,6)36-26-33(58(53,54)55)20-21-37(36)47(41)24-13-9-12-19-44(52)57-49-42(50)22-23-43(49)51/h8,10-11,14-18,20-21,25-29H,7,9,12-13,19,22-24H2,1-6H3. The smallest absolute Gasteiger partial charge is 0.333 e. The minimum Gasteiger partial charge on any atom is -0.744 e. The summed E-state index contributed by atoms with van der Waals surface area (Å²) in [7, 11) is -4.69. The molecule has 0 aromatic heterocycles. The number of likely N-dealkylation sites (N-methyl/N-ethyl adjacent to an activating group) is 1. The SMILES string of the molecule is CCN1c2cc3c(cc2C(C)=CC1(C)C)/C(=C/C=C/C1=[N+](CCCCCC(=O)ON2C(=O)CCC2=O)c2ccc(S(=O)(=O)[O-])cc2C1(C)C)C=C(c1ccccc1)O3. The van der Waals surface area contributed by atoms with Gasteiger partial charge >= 0.3 is 5.97 Å². The normalized spacial score (nSPS) is 18.9. The van der Waals surface area contributed by atoms with E-state index >= 15 is 0 Å². The van der Waals surface area contributed by atoms with Crippen LogP contribution >= 0.6 is 0 Å². The molecule has 302 valence electrons. The zero-order valence-electron chi connectivity index (χ0n) is 33.8. The number of fused-ring (bicyclic) bond motifs is 3. The van der Waals surface area contributed by atoms with Crippen LogP contribution in [0.25, 0.3) is 16.9 Å². The molecule has 0 N–H and O–H groups in total. The van der Waals surface area contributed by atoms with E-state index in [1.54, 1.807) is 6.07 Å². The number of allylic oxidation sites excluding steroid dienone is 6. The van der Waals surface area contributed by atoms with E-state index in [0.717, 1.165) is 63.0 Å². The quantitative estimate of drug-likeness (QED) is 0.0768. The molecule has 1 fully saturated rings. The summed E-state index contributed by atoms with van der Waals surface area (Å²) >= 11 is 0. The Balaban J connectivity index is 1.21. The molecule has 2 amide bonds. The Labute approximate surface area is 340 Å². The Morgan fingerprint density at radius 2 is 1.69 bits per heavy atom. The first-order chi connectivity index (χ1) is 27.5. The molecule has 4 aliphatic heterocycles. The van der Waals surface area contributed by atoms with Crippen LogP contribution in [0.3, 0.4) is 0 Å². The average Bonchev–Trinajstić information content (AvgIpc) is 3.59. The Hall–Kier alpha value is -5.59. The van der Waals surface area contributed by atoms with Crippen molar-refractivity contribution in [3.8, 4) is 5.75 Å². The number of amides is 2. The molecule has 0 bridgehead atoms. The number of unbranched alkanes of at least 4 members (excludes halogenated alkanes) is 2. The van der Waals surface area contributed by atoms with Crippen molar-refractivity contribution < 1.29 is 41.5 Å². The summed E-state index contributed by atoms with van der Waals surface area (Å²) < 4.78 is 45.1. The number of ether oxygens (including phenoxy) is 1. The van der Waals surface area contributed by atoms with Crippen LogP contribution in [0.1, 0.15) is 102 Å². The van der Waals surface area contributed by atoms with Gasteiger partial charge in [0.1, 0.15) is 28.2 Å². The third kappa shape index (κ3) is 7.82. The first kappa shape index (κ1) is 40.6. The number of imide groups is 1. The molecule has 0 radical (unpaired) electrons. The first-order valence-electron chi connectivity index (χ1n) is 19.8. The molecular formula is C46H49N3O8S. The minimum atomic E-state index is -4.69. The van der Waals surface area contributed by atoms with Gasteiger partial charge in [-0.25, -0.2) is 13.2 Å². The highest BCUT2D eigenvalue weighted by Crippen LogP contribution is 2.47. The lowest BCUT2D eigenvalue weighted by Crippen LogP contribution is -2.44. The van der Waals surface area contributed by atoms with Crippen molar-refractivity contribution in [2.24, 2.45) is 0 Å². The van der Waals surface area contributed by atoms with Crippen molar-refractivity contribution >= 4 is 61.9 Å². The van der Waals surface area contributed by atoms with Gasteiger partial charge in [0, 0.05) is 78.4 Å². The Morgan fingerprint density at radius 1 is 0.966 bits per heavy atom. The van der Waals surface area contributed by atoms with Gasteiger partial charge in [-0.2, -0.15) is 4.58 Å². The van der Waals surface area contributed by atoms with Gasteiger partial charge in [0.25, 0.3) is 11.8 Å². The fraction of sp³-hybridized carbons (Fsp3) is 0.348. The second-order valence-electron chi connectivity index (χ2n) is 16.2. The van der Waals surface area contributed by atoms with E-state index in [9.17, 15) is 27.4 Å². The van der Waals surface area contributed by atoms with Crippen molar-refractivity contribution in [3.05, 3.63) is 113 Å². The molecule has 1 saturated heterocycles. The maximum atomic E-state index is 12.4. The van der Waals surface area contributed by atoms with Crippen molar-refractivity contribution in [3.63, 3.8) is 0 Å². The molecule has 3 aromatic carbocycles. The highest BCUT2D eigenvalue weighted by Gasteiger charge is 2.44. The summed E-state index contributed by atoms with van der Waals surface area (Å²) in [6.07, 6.45) is 12.4. The summed E-state index contributed by atoms with van der Waals surface area (Å²) in [5.41, 5.74) is 7.96. The number of anilines is 1. The van der Waals surface area contributed by atoms with Gasteiger partial charge in [0.15, 0.2) is 5.71 Å². The lowest BCUT2D eigenvalue weighted by Gasteiger charge is -2.43. The summed E-state index contributed by atoms with van der Waals surface area (Å²) in [4.78, 5) is 43.2. The third-order valence-electron chi connectivity index (χ3n) is 11.4. The second kappa shape index (κ2) is 15.6. The average molecular weight is 804 g/mol. The van der Waals surface area contributed by atoms with E-state index in [4.69, 9.17) is 9.57 Å². The zero-order valence-corrected chi connectivity index (χ0v) is 34.6. The molecular weight excluding hydrogens is 755 g/mol. The molecule has 0 unspecified atom stereocenters. The monoisotopic (exact) mass is 803 g/mol. The number of benzene rings is 3. The van der Waals surface area contributed by atoms with E-state index in [0.29, 0.717) is 30.9 Å². The zero-order chi connectivity index (χ0) is 41.6. The topological polar surface area (TPSA) is 136 Å². The molecule has 0 atom stereocenters. The van der Waals surface area contributed by atoms with Gasteiger partial charge in [-0.1, -0.05) is 48.6 Å². The summed E-state index contributed by atoms with van der Waals surface area (Å²) in [6, 6.07) is 18.9. The number of carbonyl (C=O) groups is 3. The summed E-state index contributed by atoms with van der Waals surface area (Å²) in [6.45, 7) is 14.2. The summed E-state index contributed by atoms with van der Waals surface area (Å²) in [5, 5.41) is 0.564. The number of hydroxylamine groups is 2. The molecule has 7 rings (SSSR count). The molecule has 11 nitrogen and oxygen atoms in total. The molecule has 0 spiro atoms. The molecule has 58 heavy (non-hydrogen) atoms. The maximum Gasteiger partial charge on any atom is 0.333 e. The van der Waals surface area contributed by atoms with Crippen LogP contribution in [0.5, 0.6) is 5.75 Å². The van der Waals surface area contributed by atoms with Gasteiger partial charge in [0.05, 0.1) is 15.8 Å². The number of carbonyl (C=O) groups excluding carboxylic acids is 3. The van der Waals surface area contributed by atoms with Crippen molar-refractivity contribution in [1.82, 2.24) is 5.06 Å². The van der Waals surface area contributed by atoms with Crippen LogP contribution in [0, 0.1) is 0 Å². The van der Waals surface area contributed by atoms with Crippen LogP contribution in [-0.2, 0) is 34.8 Å². The second-order valence-corrected chi connectivity index (χ2v) is 17.6. The Morgan fingerprint density at radius 3 is 2.38 bits per heavy atom. The van der Waals surface area contributed by atoms with Crippen molar-refractivity contribution in [1.29, 1.82) is 0 Å². The van der Waals surface area contributed by atoms with E-state index < -0.39 is 33.3 Å². The van der Waals surface area contributed by atoms with Gasteiger partial charge in [-0.15, -0.1) is 5.06 Å². The lowest BCUT2D eigenvalue weighted by molar-refractivity contribution is -0.438. The Bertz CT molecular complexity index is 2460. The lowest BCUT2D eigenvalue weighted by atomic mass is 9.81. The van der Waals surface area contributed by atoms with E-state index in [-0.39, 0.29) is 29.7 Å². The van der Waals surface area contributed by atoms with Crippen LogP contribution < -0.4 is 9.64 Å². The van der Waals surface area contributed by atoms with Crippen molar-refractivity contribution in [2.45, 2.75) is 95.9 Å². The molecule has 3 aromatic rings. The van der Waals surface area contributed by atoms with Gasteiger partial charge in [-0.3, -0.25) is 9.59 Å². The molecule has 4 aliphatic rings. The van der Waals surface area contributed by atoms with Crippen molar-refractivity contribution in [2.75, 3.05) is 18.0 Å². The predicted octanol–water partition coefficient (Wildman–Crippen LogP) is 8.23. The molecule has 0 aliphatic carbocycles. The Kier molecular flexibility index (Phi) is 10.9. The molecule has 12 heteroatoms. The number of hydrogen-bond donors (Lipinski definition) is 0. The van der Waals surface area contributed by atoms with E-state index in [1.807, 2.05) is 56.3 Å². The van der Waals surface area contributed by atoms with Crippen LogP contribution in [-0.4, -0.2) is 64.7 Å². The fourth-order valence-electron chi connectivity index (χ4n) is 8.56. The molecule has 0 saturated carbocycles. The largest absolute Gasteiger partial charge is 0.744 e. The predicted molar refractivity (Wildman–Crippen MR) is 222 cm³/mol. The molecule has 4 heterocycles. The van der Waals surface area contributed by atoms with Gasteiger partial charge in [0.2, 0.25) is 5.69 Å². The highest BCUT2D eigenvalue weighted by atomic mass is 32.2. The van der Waals surface area contributed by atoms with E-state index in [2.05, 4.69) is 67.5 Å². The van der Waals surface area contributed by atoms with Gasteiger partial charge < -0.3 is 19.0 Å². The fourth-order valence-corrected chi connectivity index (χ4v) is 9.05. The first-order valence-corrected chi connectivity index (χ1v) is 21.2. The maximum absolute atomic E-state index is 12.4. The number of nitrogens with zero attached hydrogens (tertiary/aromatic N) is 3. The number of hydrogen-bond acceptors (Lipinski definition) is 9. The van der Waals surface area contributed by atoms with Crippen LogP contribution in [0.2, 0.25) is 0 Å². The van der Waals surface area contributed by atoms with E-state index in [1.165, 1.54) is 17.7 Å². The third-order valence-corrected chi connectivity index (χ3v) is 12.2. The summed E-state index contributed by atoms with van der Waals surface area (Å²) in [5.74, 6) is -0.167. The van der Waals surface area contributed by atoms with Crippen LogP contribution in [0.4, 0.5) is 11.4 Å². The van der Waals surface area contributed by atoms with Gasteiger partial charge in [-0.05, 0) is 89.8 Å².